The molecule has 0 N–H and O–H groups in total. The maximum atomic E-state index is 4.88. The quantitative estimate of drug-likeness (QED) is 0.139. The Hall–Kier alpha value is -5.68. The zero-order valence-corrected chi connectivity index (χ0v) is 25.7. The zero-order valence-electron chi connectivity index (χ0n) is 25.7. The van der Waals surface area contributed by atoms with Crippen LogP contribution in [0.4, 0.5) is 11.4 Å². The van der Waals surface area contributed by atoms with Crippen LogP contribution in [0.2, 0.25) is 0 Å². The summed E-state index contributed by atoms with van der Waals surface area (Å²) in [4.78, 5) is 14.6. The fourth-order valence-corrected chi connectivity index (χ4v) is 6.24. The van der Waals surface area contributed by atoms with E-state index in [-0.39, 0.29) is 5.41 Å². The molecular formula is C40H33N5. The summed E-state index contributed by atoms with van der Waals surface area (Å²) in [7, 11) is 0. The highest BCUT2D eigenvalue weighted by molar-refractivity contribution is 5.89. The van der Waals surface area contributed by atoms with E-state index in [2.05, 4.69) is 68.6 Å². The first kappa shape index (κ1) is 28.1. The summed E-state index contributed by atoms with van der Waals surface area (Å²) >= 11 is 0. The van der Waals surface area contributed by atoms with E-state index in [0.29, 0.717) is 17.5 Å². The molecule has 0 fully saturated rings. The van der Waals surface area contributed by atoms with Gasteiger partial charge in [0.2, 0.25) is 0 Å². The highest BCUT2D eigenvalue weighted by Gasteiger charge is 2.36. The smallest absolute Gasteiger partial charge is 0.164 e. The third kappa shape index (κ3) is 4.92. The Morgan fingerprint density at radius 1 is 0.622 bits per heavy atom. The monoisotopic (exact) mass is 583 g/mol. The molecule has 1 aromatic heterocycles. The van der Waals surface area contributed by atoms with Crippen LogP contribution < -0.4 is 5.01 Å². The third-order valence-electron chi connectivity index (χ3n) is 8.60. The van der Waals surface area contributed by atoms with Crippen LogP contribution >= 0.6 is 0 Å². The molecule has 1 aliphatic rings. The number of rotatable bonds is 7. The van der Waals surface area contributed by atoms with E-state index in [1.54, 1.807) is 0 Å². The minimum atomic E-state index is -0.107. The molecule has 0 radical (unpaired) electrons. The van der Waals surface area contributed by atoms with E-state index in [4.69, 9.17) is 15.0 Å². The predicted molar refractivity (Wildman–Crippen MR) is 187 cm³/mol. The standard InChI is InChI=1S/C40H33N5/c1-26(2)32-24-35-33(31-18-12-13-19-34(31)40(35,3)4)25-36(32)45(41-5)30-22-20-29(21-23-30)39-43-37(27-14-8-6-9-15-27)42-38(44-39)28-16-10-7-11-17-28/h6-25H,1,5H2,2-4H3. The van der Waals surface area contributed by atoms with Crippen LogP contribution in [0.15, 0.2) is 133 Å². The lowest BCUT2D eigenvalue weighted by Gasteiger charge is -2.26. The molecule has 45 heavy (non-hydrogen) atoms. The average Bonchev–Trinajstić information content (AvgIpc) is 3.31. The molecule has 1 aliphatic carbocycles. The Bertz CT molecular complexity index is 2010. The fraction of sp³-hybridized carbons (Fsp3) is 0.100. The number of fused-ring (bicyclic) bond motifs is 3. The Morgan fingerprint density at radius 3 is 1.67 bits per heavy atom. The van der Waals surface area contributed by atoms with E-state index in [1.807, 2.05) is 96.9 Å². The van der Waals surface area contributed by atoms with Crippen molar-refractivity contribution in [3.05, 3.63) is 145 Å². The van der Waals surface area contributed by atoms with Gasteiger partial charge in [0, 0.05) is 34.4 Å². The molecule has 5 heteroatoms. The van der Waals surface area contributed by atoms with E-state index < -0.39 is 0 Å². The topological polar surface area (TPSA) is 54.3 Å². The minimum absolute atomic E-state index is 0.107. The highest BCUT2D eigenvalue weighted by Crippen LogP contribution is 2.51. The SMILES string of the molecule is C=NN(c1ccc(-c2nc(-c3ccccc3)nc(-c3ccccc3)n2)cc1)c1cc2c(cc1C(=C)C)C(C)(C)c1ccccc1-2. The Balaban J connectivity index is 1.31. The van der Waals surface area contributed by atoms with Gasteiger partial charge in [0.25, 0.3) is 0 Å². The van der Waals surface area contributed by atoms with Crippen molar-refractivity contribution in [1.82, 2.24) is 15.0 Å². The molecule has 5 nitrogen and oxygen atoms in total. The first-order valence-electron chi connectivity index (χ1n) is 15.0. The first-order valence-corrected chi connectivity index (χ1v) is 15.0. The third-order valence-corrected chi connectivity index (χ3v) is 8.60. The van der Waals surface area contributed by atoms with E-state index in [0.717, 1.165) is 39.2 Å². The molecule has 0 amide bonds. The molecule has 0 saturated carbocycles. The van der Waals surface area contributed by atoms with Gasteiger partial charge in [0.15, 0.2) is 17.5 Å². The highest BCUT2D eigenvalue weighted by atomic mass is 15.4. The van der Waals surface area contributed by atoms with Gasteiger partial charge in [0.1, 0.15) is 0 Å². The van der Waals surface area contributed by atoms with E-state index in [1.165, 1.54) is 22.3 Å². The predicted octanol–water partition coefficient (Wildman–Crippen LogP) is 9.97. The molecule has 0 spiro atoms. The summed E-state index contributed by atoms with van der Waals surface area (Å²) in [5.74, 6) is 1.86. The maximum absolute atomic E-state index is 4.88. The summed E-state index contributed by atoms with van der Waals surface area (Å²) in [5.41, 5.74) is 11.6. The van der Waals surface area contributed by atoms with Crippen molar-refractivity contribution in [2.24, 2.45) is 5.10 Å². The second kappa shape index (κ2) is 11.1. The number of hydrazone groups is 1. The molecule has 1 heterocycles. The van der Waals surface area contributed by atoms with Crippen molar-refractivity contribution in [3.63, 3.8) is 0 Å². The van der Waals surface area contributed by atoms with Crippen LogP contribution in [-0.4, -0.2) is 21.7 Å². The second-order valence-electron chi connectivity index (χ2n) is 11.9. The molecule has 0 unspecified atom stereocenters. The van der Waals surface area contributed by atoms with Crippen molar-refractivity contribution in [3.8, 4) is 45.3 Å². The van der Waals surface area contributed by atoms with Gasteiger partial charge >= 0.3 is 0 Å². The minimum Gasteiger partial charge on any atom is -0.234 e. The van der Waals surface area contributed by atoms with Gasteiger partial charge in [-0.1, -0.05) is 105 Å². The lowest BCUT2D eigenvalue weighted by atomic mass is 9.81. The van der Waals surface area contributed by atoms with Gasteiger partial charge in [-0.05, 0) is 71.1 Å². The van der Waals surface area contributed by atoms with Crippen LogP contribution in [0.3, 0.4) is 0 Å². The fourth-order valence-electron chi connectivity index (χ4n) is 6.24. The molecule has 0 aliphatic heterocycles. The van der Waals surface area contributed by atoms with Gasteiger partial charge in [-0.15, -0.1) is 0 Å². The Labute approximate surface area is 264 Å². The number of benzene rings is 5. The zero-order chi connectivity index (χ0) is 31.1. The summed E-state index contributed by atoms with van der Waals surface area (Å²) in [6.07, 6.45) is 0. The van der Waals surface area contributed by atoms with Gasteiger partial charge in [-0.3, -0.25) is 0 Å². The number of anilines is 2. The molecule has 218 valence electrons. The van der Waals surface area contributed by atoms with Crippen LogP contribution in [0.5, 0.6) is 0 Å². The molecule has 0 saturated heterocycles. The van der Waals surface area contributed by atoms with Crippen molar-refractivity contribution in [1.29, 1.82) is 0 Å². The van der Waals surface area contributed by atoms with Crippen molar-refractivity contribution in [2.45, 2.75) is 26.2 Å². The van der Waals surface area contributed by atoms with E-state index >= 15 is 0 Å². The number of hydrogen-bond acceptors (Lipinski definition) is 5. The van der Waals surface area contributed by atoms with Crippen LogP contribution in [0.1, 0.15) is 37.5 Å². The van der Waals surface area contributed by atoms with Crippen molar-refractivity contribution >= 4 is 23.7 Å². The van der Waals surface area contributed by atoms with Crippen LogP contribution in [0.25, 0.3) is 50.9 Å². The molecule has 7 rings (SSSR count). The summed E-state index contributed by atoms with van der Waals surface area (Å²) < 4.78 is 0. The number of allylic oxidation sites excluding steroid dienone is 1. The second-order valence-corrected chi connectivity index (χ2v) is 11.9. The average molecular weight is 584 g/mol. The lowest BCUT2D eigenvalue weighted by molar-refractivity contribution is 0.660. The van der Waals surface area contributed by atoms with Gasteiger partial charge in [-0.2, -0.15) is 5.10 Å². The Morgan fingerprint density at radius 2 is 1.13 bits per heavy atom. The number of hydrogen-bond donors (Lipinski definition) is 0. The van der Waals surface area contributed by atoms with Gasteiger partial charge < -0.3 is 0 Å². The molecule has 5 aromatic carbocycles. The summed E-state index contributed by atoms with van der Waals surface area (Å²) in [5, 5.41) is 6.39. The summed E-state index contributed by atoms with van der Waals surface area (Å²) in [6, 6.07) is 41.3. The number of aromatic nitrogens is 3. The normalized spacial score (nSPS) is 12.7. The van der Waals surface area contributed by atoms with Crippen molar-refractivity contribution in [2.75, 3.05) is 5.01 Å². The van der Waals surface area contributed by atoms with E-state index in [9.17, 15) is 0 Å². The molecule has 0 bridgehead atoms. The molecule has 0 atom stereocenters. The first-order chi connectivity index (χ1) is 21.8. The largest absolute Gasteiger partial charge is 0.234 e. The summed E-state index contributed by atoms with van der Waals surface area (Å²) in [6.45, 7) is 14.9. The Kier molecular flexibility index (Phi) is 6.94. The van der Waals surface area contributed by atoms with Gasteiger partial charge in [-0.25, -0.2) is 20.0 Å². The number of nitrogens with zero attached hydrogens (tertiary/aromatic N) is 5. The molecule has 6 aromatic rings. The lowest BCUT2D eigenvalue weighted by Crippen LogP contribution is -2.16. The molecular weight excluding hydrogens is 550 g/mol. The maximum Gasteiger partial charge on any atom is 0.164 e. The van der Waals surface area contributed by atoms with Crippen LogP contribution in [-0.2, 0) is 5.41 Å². The van der Waals surface area contributed by atoms with Gasteiger partial charge in [0.05, 0.1) is 11.4 Å². The van der Waals surface area contributed by atoms with Crippen LogP contribution in [0, 0.1) is 0 Å². The van der Waals surface area contributed by atoms with Crippen molar-refractivity contribution < 1.29 is 0 Å².